The number of nitrogens with zero attached hydrogens (tertiary/aromatic N) is 1. The minimum absolute atomic E-state index is 0.0537. The van der Waals surface area contributed by atoms with Gasteiger partial charge in [0.25, 0.3) is 5.91 Å². The van der Waals surface area contributed by atoms with Crippen LogP contribution < -0.4 is 4.74 Å². The number of morpholine rings is 1. The van der Waals surface area contributed by atoms with E-state index in [0.29, 0.717) is 19.8 Å². The zero-order chi connectivity index (χ0) is 13.8. The van der Waals surface area contributed by atoms with Gasteiger partial charge in [0.2, 0.25) is 0 Å². The lowest BCUT2D eigenvalue weighted by molar-refractivity contribution is 0.00415. The minimum atomic E-state index is -0.593. The van der Waals surface area contributed by atoms with E-state index in [4.69, 9.17) is 21.1 Å². The van der Waals surface area contributed by atoms with Crippen molar-refractivity contribution >= 4 is 17.5 Å². The number of amides is 1. The van der Waals surface area contributed by atoms with E-state index >= 15 is 0 Å². The maximum atomic E-state index is 13.9. The first-order chi connectivity index (χ1) is 9.19. The summed E-state index contributed by atoms with van der Waals surface area (Å²) in [6.07, 6.45) is 0. The fourth-order valence-corrected chi connectivity index (χ4v) is 2.33. The maximum Gasteiger partial charge on any atom is 0.261 e. The highest BCUT2D eigenvalue weighted by Crippen LogP contribution is 2.24. The number of hydrogen-bond donors (Lipinski definition) is 0. The van der Waals surface area contributed by atoms with Gasteiger partial charge in [0, 0.05) is 12.4 Å². The van der Waals surface area contributed by atoms with Gasteiger partial charge in [-0.15, -0.1) is 11.6 Å². The highest BCUT2D eigenvalue weighted by Gasteiger charge is 2.30. The Balaban J connectivity index is 2.32. The van der Waals surface area contributed by atoms with Crippen LogP contribution in [0.5, 0.6) is 5.75 Å². The molecule has 1 aromatic carbocycles. The van der Waals surface area contributed by atoms with Crippen molar-refractivity contribution in [3.63, 3.8) is 0 Å². The van der Waals surface area contributed by atoms with Gasteiger partial charge in [-0.3, -0.25) is 4.79 Å². The van der Waals surface area contributed by atoms with Crippen molar-refractivity contribution in [1.82, 2.24) is 4.90 Å². The predicted molar refractivity (Wildman–Crippen MR) is 69.3 cm³/mol. The van der Waals surface area contributed by atoms with Crippen molar-refractivity contribution in [1.29, 1.82) is 0 Å². The monoisotopic (exact) mass is 287 g/mol. The smallest absolute Gasteiger partial charge is 0.261 e. The molecule has 1 aliphatic heterocycles. The Morgan fingerprint density at radius 1 is 1.63 bits per heavy atom. The quantitative estimate of drug-likeness (QED) is 0.797. The summed E-state index contributed by atoms with van der Waals surface area (Å²) in [5.41, 5.74) is -0.0537. The Morgan fingerprint density at radius 2 is 2.42 bits per heavy atom. The number of hydrogen-bond acceptors (Lipinski definition) is 3. The molecule has 6 heteroatoms. The summed E-state index contributed by atoms with van der Waals surface area (Å²) in [5.74, 6) is -0.527. The molecule has 0 bridgehead atoms. The predicted octanol–water partition coefficient (Wildman–Crippen LogP) is 1.91. The summed E-state index contributed by atoms with van der Waals surface area (Å²) in [4.78, 5) is 14.0. The van der Waals surface area contributed by atoms with E-state index in [1.807, 2.05) is 0 Å². The normalized spacial score (nSPS) is 19.3. The third-order valence-electron chi connectivity index (χ3n) is 3.08. The van der Waals surface area contributed by atoms with Gasteiger partial charge in [-0.1, -0.05) is 6.07 Å². The average Bonchev–Trinajstić information content (AvgIpc) is 2.46. The van der Waals surface area contributed by atoms with Gasteiger partial charge in [0.15, 0.2) is 0 Å². The van der Waals surface area contributed by atoms with Crippen LogP contribution in [-0.2, 0) is 4.74 Å². The molecule has 104 valence electrons. The number of ether oxygens (including phenoxy) is 2. The largest absolute Gasteiger partial charge is 0.496 e. The molecule has 0 saturated carbocycles. The molecule has 1 fully saturated rings. The van der Waals surface area contributed by atoms with Gasteiger partial charge >= 0.3 is 0 Å². The Kier molecular flexibility index (Phi) is 4.61. The number of methoxy groups -OCH3 is 1. The molecule has 0 spiro atoms. The molecular formula is C13H15ClFNO3. The first-order valence-electron chi connectivity index (χ1n) is 5.96. The molecule has 1 aromatic rings. The van der Waals surface area contributed by atoms with Crippen molar-refractivity contribution in [2.45, 2.75) is 6.04 Å². The molecule has 1 aliphatic rings. The van der Waals surface area contributed by atoms with Crippen molar-refractivity contribution < 1.29 is 18.7 Å². The minimum Gasteiger partial charge on any atom is -0.496 e. The third-order valence-corrected chi connectivity index (χ3v) is 3.43. The van der Waals surface area contributed by atoms with Crippen molar-refractivity contribution in [3.05, 3.63) is 29.6 Å². The van der Waals surface area contributed by atoms with Crippen molar-refractivity contribution in [2.24, 2.45) is 0 Å². The van der Waals surface area contributed by atoms with Crippen molar-refractivity contribution in [3.8, 4) is 5.75 Å². The standard InChI is InChI=1S/C13H15ClFNO3/c1-18-11-4-2-3-10(15)12(11)13(17)16-5-6-19-8-9(16)7-14/h2-4,9H,5-8H2,1H3. The van der Waals surface area contributed by atoms with Crippen LogP contribution in [0, 0.1) is 5.82 Å². The first kappa shape index (κ1) is 14.1. The van der Waals surface area contributed by atoms with Crippen LogP contribution in [0.3, 0.4) is 0 Å². The van der Waals surface area contributed by atoms with E-state index in [-0.39, 0.29) is 23.2 Å². The zero-order valence-corrected chi connectivity index (χ0v) is 11.3. The molecule has 0 radical (unpaired) electrons. The van der Waals surface area contributed by atoms with Crippen LogP contribution in [0.2, 0.25) is 0 Å². The summed E-state index contributed by atoms with van der Waals surface area (Å²) in [5, 5.41) is 0. The lowest BCUT2D eigenvalue weighted by Crippen LogP contribution is -2.49. The molecule has 19 heavy (non-hydrogen) atoms. The van der Waals surface area contributed by atoms with Gasteiger partial charge in [-0.2, -0.15) is 0 Å². The number of rotatable bonds is 3. The molecule has 4 nitrogen and oxygen atoms in total. The first-order valence-corrected chi connectivity index (χ1v) is 6.49. The van der Waals surface area contributed by atoms with Crippen LogP contribution in [-0.4, -0.2) is 49.6 Å². The fraction of sp³-hybridized carbons (Fsp3) is 0.462. The number of alkyl halides is 1. The second-order valence-electron chi connectivity index (χ2n) is 4.20. The van der Waals surface area contributed by atoms with Crippen LogP contribution >= 0.6 is 11.6 Å². The van der Waals surface area contributed by atoms with E-state index in [2.05, 4.69) is 0 Å². The average molecular weight is 288 g/mol. The second-order valence-corrected chi connectivity index (χ2v) is 4.51. The van der Waals surface area contributed by atoms with Crippen LogP contribution in [0.4, 0.5) is 4.39 Å². The van der Waals surface area contributed by atoms with E-state index in [1.165, 1.54) is 24.1 Å². The molecule has 0 aliphatic carbocycles. The van der Waals surface area contributed by atoms with E-state index in [1.54, 1.807) is 6.07 Å². The van der Waals surface area contributed by atoms with Gasteiger partial charge in [-0.25, -0.2) is 4.39 Å². The molecule has 1 atom stereocenters. The van der Waals surface area contributed by atoms with Crippen LogP contribution in [0.1, 0.15) is 10.4 Å². The summed E-state index contributed by atoms with van der Waals surface area (Å²) < 4.78 is 24.2. The molecule has 2 rings (SSSR count). The SMILES string of the molecule is COc1cccc(F)c1C(=O)N1CCOCC1CCl. The van der Waals surface area contributed by atoms with Gasteiger partial charge in [0.1, 0.15) is 17.1 Å². The molecule has 1 amide bonds. The van der Waals surface area contributed by atoms with Gasteiger partial charge in [0.05, 0.1) is 26.4 Å². The lowest BCUT2D eigenvalue weighted by atomic mass is 10.1. The summed E-state index contributed by atoms with van der Waals surface area (Å²) in [6.45, 7) is 1.19. The van der Waals surface area contributed by atoms with E-state index in [0.717, 1.165) is 0 Å². The van der Waals surface area contributed by atoms with Crippen molar-refractivity contribution in [2.75, 3.05) is 32.7 Å². The van der Waals surface area contributed by atoms with E-state index < -0.39 is 11.7 Å². The molecule has 0 N–H and O–H groups in total. The molecule has 1 unspecified atom stereocenters. The molecule has 0 aromatic heterocycles. The second kappa shape index (κ2) is 6.21. The maximum absolute atomic E-state index is 13.9. The van der Waals surface area contributed by atoms with Crippen LogP contribution in [0.15, 0.2) is 18.2 Å². The zero-order valence-electron chi connectivity index (χ0n) is 10.6. The number of carbonyl (C=O) groups excluding carboxylic acids is 1. The molecule has 1 saturated heterocycles. The number of benzene rings is 1. The molecular weight excluding hydrogens is 273 g/mol. The highest BCUT2D eigenvalue weighted by molar-refractivity contribution is 6.18. The lowest BCUT2D eigenvalue weighted by Gasteiger charge is -2.34. The Labute approximate surface area is 116 Å². The summed E-state index contributed by atoms with van der Waals surface area (Å²) in [7, 11) is 1.41. The number of carbonyl (C=O) groups is 1. The summed E-state index contributed by atoms with van der Waals surface area (Å²) >= 11 is 5.82. The fourth-order valence-electron chi connectivity index (χ4n) is 2.08. The Hall–Kier alpha value is -1.33. The van der Waals surface area contributed by atoms with Crippen LogP contribution in [0.25, 0.3) is 0 Å². The molecule has 1 heterocycles. The Bertz CT molecular complexity index is 469. The topological polar surface area (TPSA) is 38.8 Å². The Morgan fingerprint density at radius 3 is 3.11 bits per heavy atom. The van der Waals surface area contributed by atoms with Gasteiger partial charge in [-0.05, 0) is 12.1 Å². The van der Waals surface area contributed by atoms with E-state index in [9.17, 15) is 9.18 Å². The third kappa shape index (κ3) is 2.82. The highest BCUT2D eigenvalue weighted by atomic mass is 35.5. The summed E-state index contributed by atoms with van der Waals surface area (Å²) in [6, 6.07) is 4.06. The van der Waals surface area contributed by atoms with Gasteiger partial charge < -0.3 is 14.4 Å². The number of halogens is 2.